The zero-order valence-electron chi connectivity index (χ0n) is 21.5. The largest absolute Gasteiger partial charge is 0.364 e. The summed E-state index contributed by atoms with van der Waals surface area (Å²) in [6.07, 6.45) is 8.25. The molecule has 0 radical (unpaired) electrons. The molecule has 190 valence electrons. The van der Waals surface area contributed by atoms with Crippen molar-refractivity contribution in [1.29, 1.82) is 0 Å². The number of carbonyl (C=O) groups excluding carboxylic acids is 2. The van der Waals surface area contributed by atoms with Crippen molar-refractivity contribution in [3.05, 3.63) is 65.3 Å². The van der Waals surface area contributed by atoms with Gasteiger partial charge in [-0.2, -0.15) is 0 Å². The maximum Gasteiger partial charge on any atom is 0.257 e. The smallest absolute Gasteiger partial charge is 0.257 e. The van der Waals surface area contributed by atoms with Gasteiger partial charge in [0.05, 0.1) is 0 Å². The van der Waals surface area contributed by atoms with E-state index in [0.717, 1.165) is 54.5 Å². The quantitative estimate of drug-likeness (QED) is 0.474. The number of amides is 2. The zero-order chi connectivity index (χ0) is 25.7. The maximum absolute atomic E-state index is 13.5. The van der Waals surface area contributed by atoms with Crippen LogP contribution in [0.4, 0.5) is 5.69 Å². The number of aryl methyl sites for hydroxylation is 2. The van der Waals surface area contributed by atoms with Gasteiger partial charge in [-0.05, 0) is 76.0 Å². The SMILES string of the molecule is Cc1ccnc(C)c1-c1ccc(NC(=O)[C@@H](NC(=O)c2conc2CN(C)C)C2CCCCC2)cc1. The highest BCUT2D eigenvalue weighted by atomic mass is 16.5. The summed E-state index contributed by atoms with van der Waals surface area (Å²) in [4.78, 5) is 33.0. The Bertz CT molecular complexity index is 1180. The highest BCUT2D eigenvalue weighted by Gasteiger charge is 2.32. The normalized spacial score (nSPS) is 15.0. The van der Waals surface area contributed by atoms with Crippen LogP contribution in [0.2, 0.25) is 0 Å². The van der Waals surface area contributed by atoms with Gasteiger partial charge in [-0.1, -0.05) is 36.6 Å². The summed E-state index contributed by atoms with van der Waals surface area (Å²) in [5.41, 5.74) is 5.88. The molecule has 4 rings (SSSR count). The lowest BCUT2D eigenvalue weighted by molar-refractivity contribution is -0.119. The van der Waals surface area contributed by atoms with Gasteiger partial charge >= 0.3 is 0 Å². The molecule has 1 aliphatic carbocycles. The Kier molecular flexibility index (Phi) is 8.15. The summed E-state index contributed by atoms with van der Waals surface area (Å²) in [5, 5.41) is 10.00. The Morgan fingerprint density at radius 2 is 1.81 bits per heavy atom. The molecule has 0 unspecified atom stereocenters. The predicted octanol–water partition coefficient (Wildman–Crippen LogP) is 4.73. The second-order valence-corrected chi connectivity index (χ2v) is 9.92. The molecule has 1 aliphatic rings. The topological polar surface area (TPSA) is 100 Å². The Morgan fingerprint density at radius 1 is 1.08 bits per heavy atom. The molecule has 1 aromatic carbocycles. The van der Waals surface area contributed by atoms with Crippen molar-refractivity contribution in [3.63, 3.8) is 0 Å². The van der Waals surface area contributed by atoms with Crippen molar-refractivity contribution in [3.8, 4) is 11.1 Å². The summed E-state index contributed by atoms with van der Waals surface area (Å²) in [6.45, 7) is 4.54. The first kappa shape index (κ1) is 25.6. The van der Waals surface area contributed by atoms with Crippen molar-refractivity contribution >= 4 is 17.5 Å². The van der Waals surface area contributed by atoms with E-state index in [1.54, 1.807) is 0 Å². The maximum atomic E-state index is 13.5. The fourth-order valence-electron chi connectivity index (χ4n) is 5.01. The molecule has 2 heterocycles. The van der Waals surface area contributed by atoms with Crippen LogP contribution in [0.25, 0.3) is 11.1 Å². The Morgan fingerprint density at radius 3 is 2.47 bits per heavy atom. The van der Waals surface area contributed by atoms with Gasteiger partial charge in [-0.15, -0.1) is 0 Å². The number of nitrogens with zero attached hydrogens (tertiary/aromatic N) is 3. The van der Waals surface area contributed by atoms with Crippen molar-refractivity contribution in [2.75, 3.05) is 19.4 Å². The summed E-state index contributed by atoms with van der Waals surface area (Å²) in [7, 11) is 3.80. The molecule has 0 bridgehead atoms. The molecule has 0 spiro atoms. The third-order valence-corrected chi connectivity index (χ3v) is 6.84. The average Bonchev–Trinajstić information content (AvgIpc) is 3.31. The van der Waals surface area contributed by atoms with E-state index < -0.39 is 6.04 Å². The molecule has 2 N–H and O–H groups in total. The number of aromatic nitrogens is 2. The first-order valence-electron chi connectivity index (χ1n) is 12.6. The van der Waals surface area contributed by atoms with Crippen molar-refractivity contribution < 1.29 is 14.1 Å². The number of nitrogens with one attached hydrogen (secondary N) is 2. The van der Waals surface area contributed by atoms with Gasteiger partial charge in [-0.25, -0.2) is 0 Å². The van der Waals surface area contributed by atoms with E-state index in [2.05, 4.69) is 27.7 Å². The lowest BCUT2D eigenvalue weighted by atomic mass is 9.83. The van der Waals surface area contributed by atoms with Gasteiger partial charge in [0.1, 0.15) is 23.6 Å². The predicted molar refractivity (Wildman–Crippen MR) is 139 cm³/mol. The van der Waals surface area contributed by atoms with Crippen LogP contribution in [-0.2, 0) is 11.3 Å². The van der Waals surface area contributed by atoms with Crippen LogP contribution >= 0.6 is 0 Å². The molecule has 8 nitrogen and oxygen atoms in total. The molecule has 1 atom stereocenters. The third kappa shape index (κ3) is 5.99. The Balaban J connectivity index is 1.51. The summed E-state index contributed by atoms with van der Waals surface area (Å²) in [6, 6.07) is 9.14. The number of anilines is 1. The standard InChI is InChI=1S/C28H35N5O3/c1-18-14-15-29-19(2)25(18)20-10-12-22(13-11-20)30-28(35)26(21-8-6-5-7-9-21)31-27(34)23-17-36-32-24(23)16-33(3)4/h10-15,17,21,26H,5-9,16H2,1-4H3,(H,30,35)(H,31,34)/t26-/m0/s1. The molecular formula is C28H35N5O3. The molecule has 0 saturated heterocycles. The van der Waals surface area contributed by atoms with E-state index in [4.69, 9.17) is 4.52 Å². The van der Waals surface area contributed by atoms with Gasteiger partial charge in [0, 0.05) is 29.7 Å². The van der Waals surface area contributed by atoms with E-state index in [-0.39, 0.29) is 17.7 Å². The molecule has 3 aromatic rings. The van der Waals surface area contributed by atoms with E-state index in [0.29, 0.717) is 23.5 Å². The second kappa shape index (κ2) is 11.5. The second-order valence-electron chi connectivity index (χ2n) is 9.92. The van der Waals surface area contributed by atoms with E-state index in [1.807, 2.05) is 62.4 Å². The third-order valence-electron chi connectivity index (χ3n) is 6.84. The van der Waals surface area contributed by atoms with Gasteiger partial charge < -0.3 is 20.1 Å². The van der Waals surface area contributed by atoms with Crippen LogP contribution in [0, 0.1) is 19.8 Å². The minimum absolute atomic E-state index is 0.0832. The van der Waals surface area contributed by atoms with Crippen LogP contribution in [0.15, 0.2) is 47.3 Å². The highest BCUT2D eigenvalue weighted by Crippen LogP contribution is 2.29. The summed E-state index contributed by atoms with van der Waals surface area (Å²) in [5.74, 6) is -0.459. The van der Waals surface area contributed by atoms with Gasteiger partial charge in [0.25, 0.3) is 5.91 Å². The number of carbonyl (C=O) groups is 2. The lowest BCUT2D eigenvalue weighted by Gasteiger charge is -2.30. The van der Waals surface area contributed by atoms with Crippen LogP contribution in [-0.4, -0.2) is 47.0 Å². The molecular weight excluding hydrogens is 454 g/mol. The van der Waals surface area contributed by atoms with Crippen LogP contribution in [0.3, 0.4) is 0 Å². The zero-order valence-corrected chi connectivity index (χ0v) is 21.5. The molecule has 2 amide bonds. The molecule has 36 heavy (non-hydrogen) atoms. The minimum Gasteiger partial charge on any atom is -0.364 e. The van der Waals surface area contributed by atoms with Crippen LogP contribution in [0.5, 0.6) is 0 Å². The van der Waals surface area contributed by atoms with Crippen molar-refractivity contribution in [1.82, 2.24) is 20.4 Å². The fourth-order valence-corrected chi connectivity index (χ4v) is 5.01. The minimum atomic E-state index is -0.637. The number of hydrogen-bond acceptors (Lipinski definition) is 6. The number of benzene rings is 1. The highest BCUT2D eigenvalue weighted by molar-refractivity contribution is 6.01. The first-order valence-corrected chi connectivity index (χ1v) is 12.6. The number of pyridine rings is 1. The molecule has 1 fully saturated rings. The van der Waals surface area contributed by atoms with E-state index >= 15 is 0 Å². The van der Waals surface area contributed by atoms with E-state index in [9.17, 15) is 9.59 Å². The molecule has 2 aromatic heterocycles. The van der Waals surface area contributed by atoms with Crippen LogP contribution in [0.1, 0.15) is 59.4 Å². The monoisotopic (exact) mass is 489 g/mol. The average molecular weight is 490 g/mol. The van der Waals surface area contributed by atoms with Crippen molar-refractivity contribution in [2.45, 2.75) is 58.5 Å². The molecule has 8 heteroatoms. The lowest BCUT2D eigenvalue weighted by Crippen LogP contribution is -2.49. The van der Waals surface area contributed by atoms with Gasteiger partial charge in [0.15, 0.2) is 0 Å². The summed E-state index contributed by atoms with van der Waals surface area (Å²) < 4.78 is 5.07. The van der Waals surface area contributed by atoms with Gasteiger partial charge in [-0.3, -0.25) is 14.6 Å². The molecule has 0 aliphatic heterocycles. The van der Waals surface area contributed by atoms with Gasteiger partial charge in [0.2, 0.25) is 5.91 Å². The fraction of sp³-hybridized carbons (Fsp3) is 0.429. The molecule has 1 saturated carbocycles. The van der Waals surface area contributed by atoms with Crippen molar-refractivity contribution in [2.24, 2.45) is 5.92 Å². The Labute approximate surface area is 212 Å². The van der Waals surface area contributed by atoms with E-state index in [1.165, 1.54) is 6.26 Å². The summed E-state index contributed by atoms with van der Waals surface area (Å²) >= 11 is 0. The number of hydrogen-bond donors (Lipinski definition) is 2. The number of rotatable bonds is 8. The van der Waals surface area contributed by atoms with Crippen LogP contribution < -0.4 is 10.6 Å². The Hall–Kier alpha value is -3.52. The first-order chi connectivity index (χ1) is 17.3.